The first kappa shape index (κ1) is 26.4. The number of likely N-dealkylation sites (tertiary alicyclic amines) is 1. The highest BCUT2D eigenvalue weighted by atomic mass is 16.6. The summed E-state index contributed by atoms with van der Waals surface area (Å²) in [6.07, 6.45) is 13.9. The van der Waals surface area contributed by atoms with Crippen LogP contribution in [0.25, 0.3) is 11.0 Å². The smallest absolute Gasteiger partial charge is 0.410 e. The van der Waals surface area contributed by atoms with Crippen molar-refractivity contribution in [3.05, 3.63) is 47.3 Å². The SMILES string of the molecule is CC(C)(C)OC(=O)N1CCCC1c1ncc(C23CCC(c4ccc5nc(CCCCN)[nH]c5c4)(CC2)CC3)[nH]1. The molecule has 3 heterocycles. The van der Waals surface area contributed by atoms with Gasteiger partial charge in [-0.15, -0.1) is 0 Å². The molecule has 4 aliphatic rings. The van der Waals surface area contributed by atoms with E-state index in [0.717, 1.165) is 67.9 Å². The van der Waals surface area contributed by atoms with Crippen LogP contribution in [0, 0.1) is 0 Å². The van der Waals surface area contributed by atoms with Gasteiger partial charge in [-0.25, -0.2) is 14.8 Å². The van der Waals surface area contributed by atoms with Crippen molar-refractivity contribution in [2.75, 3.05) is 13.1 Å². The molecule has 7 rings (SSSR count). The molecular formula is C31H44N6O2. The molecule has 8 nitrogen and oxygen atoms in total. The normalized spacial score (nSPS) is 27.0. The van der Waals surface area contributed by atoms with E-state index in [0.29, 0.717) is 0 Å². The lowest BCUT2D eigenvalue weighted by molar-refractivity contribution is 0.0218. The number of H-pyrrole nitrogens is 2. The maximum Gasteiger partial charge on any atom is 0.410 e. The first-order valence-electron chi connectivity index (χ1n) is 14.9. The molecule has 39 heavy (non-hydrogen) atoms. The fourth-order valence-electron chi connectivity index (χ4n) is 7.34. The first-order valence-corrected chi connectivity index (χ1v) is 14.9. The van der Waals surface area contributed by atoms with Crippen LogP contribution in [0.1, 0.15) is 114 Å². The Morgan fingerprint density at radius 1 is 1.10 bits per heavy atom. The van der Waals surface area contributed by atoms with E-state index < -0.39 is 5.60 Å². The molecule has 3 saturated carbocycles. The van der Waals surface area contributed by atoms with Crippen molar-refractivity contribution in [1.29, 1.82) is 0 Å². The summed E-state index contributed by atoms with van der Waals surface area (Å²) in [5, 5.41) is 0. The predicted octanol–water partition coefficient (Wildman–Crippen LogP) is 6.18. The summed E-state index contributed by atoms with van der Waals surface area (Å²) in [6, 6.07) is 6.87. The van der Waals surface area contributed by atoms with Gasteiger partial charge in [-0.2, -0.15) is 0 Å². The molecule has 2 aromatic heterocycles. The number of nitrogens with two attached hydrogens (primary N) is 1. The minimum atomic E-state index is -0.497. The van der Waals surface area contributed by atoms with Crippen molar-refractivity contribution in [2.24, 2.45) is 5.73 Å². The number of aryl methyl sites for hydroxylation is 1. The van der Waals surface area contributed by atoms with E-state index in [2.05, 4.69) is 34.4 Å². The summed E-state index contributed by atoms with van der Waals surface area (Å²) in [4.78, 5) is 31.6. The third-order valence-corrected chi connectivity index (χ3v) is 9.62. The van der Waals surface area contributed by atoms with Gasteiger partial charge in [-0.3, -0.25) is 4.90 Å². The number of hydrogen-bond acceptors (Lipinski definition) is 5. The number of nitrogens with zero attached hydrogens (tertiary/aromatic N) is 3. The number of carbonyl (C=O) groups excluding carboxylic acids is 1. The van der Waals surface area contributed by atoms with Gasteiger partial charge < -0.3 is 20.4 Å². The highest BCUT2D eigenvalue weighted by Gasteiger charge is 2.51. The molecule has 1 unspecified atom stereocenters. The maximum atomic E-state index is 12.8. The molecule has 3 aliphatic carbocycles. The zero-order valence-corrected chi connectivity index (χ0v) is 23.8. The first-order chi connectivity index (χ1) is 18.7. The van der Waals surface area contributed by atoms with Crippen LogP contribution >= 0.6 is 0 Å². The molecule has 3 aromatic rings. The fourth-order valence-corrected chi connectivity index (χ4v) is 7.34. The number of benzene rings is 1. The number of aromatic nitrogens is 4. The monoisotopic (exact) mass is 532 g/mol. The summed E-state index contributed by atoms with van der Waals surface area (Å²) in [5.41, 5.74) is 10.5. The summed E-state index contributed by atoms with van der Waals surface area (Å²) < 4.78 is 5.68. The van der Waals surface area contributed by atoms with Crippen molar-refractivity contribution in [1.82, 2.24) is 24.8 Å². The minimum Gasteiger partial charge on any atom is -0.444 e. The standard InChI is InChI=1S/C31H44N6O2/c1-29(2,3)39-28(38)37-18-6-7-24(37)27-33-20-25(36-27)31-14-11-30(12-15-31,13-16-31)21-9-10-22-23(19-21)35-26(34-22)8-4-5-17-32/h9-10,19-20,24H,4-8,11-18,32H2,1-3H3,(H,33,36)(H,34,35). The molecule has 4 N–H and O–H groups in total. The van der Waals surface area contributed by atoms with E-state index in [-0.39, 0.29) is 23.0 Å². The Balaban J connectivity index is 1.15. The Bertz CT molecular complexity index is 1310. The number of imidazole rings is 2. The lowest BCUT2D eigenvalue weighted by Gasteiger charge is -2.53. The molecule has 1 aliphatic heterocycles. The average molecular weight is 533 g/mol. The largest absolute Gasteiger partial charge is 0.444 e. The van der Waals surface area contributed by atoms with Crippen molar-refractivity contribution >= 4 is 17.1 Å². The summed E-state index contributed by atoms with van der Waals surface area (Å²) in [5.74, 6) is 1.99. The molecule has 8 heteroatoms. The zero-order chi connectivity index (χ0) is 27.3. The second kappa shape index (κ2) is 9.95. The molecule has 210 valence electrons. The number of rotatable bonds is 7. The van der Waals surface area contributed by atoms with Gasteiger partial charge in [-0.05, 0) is 115 Å². The molecule has 1 atom stereocenters. The van der Waals surface area contributed by atoms with Crippen LogP contribution in [0.4, 0.5) is 4.79 Å². The van der Waals surface area contributed by atoms with E-state index in [1.165, 1.54) is 49.8 Å². The van der Waals surface area contributed by atoms with Gasteiger partial charge in [0.25, 0.3) is 0 Å². The van der Waals surface area contributed by atoms with Crippen LogP contribution < -0.4 is 5.73 Å². The summed E-state index contributed by atoms with van der Waals surface area (Å²) in [6.45, 7) is 7.21. The average Bonchev–Trinajstić information content (AvgIpc) is 3.68. The highest BCUT2D eigenvalue weighted by Crippen LogP contribution is 2.58. The Hall–Kier alpha value is -2.87. The second-order valence-corrected chi connectivity index (χ2v) is 13.2. The molecular weight excluding hydrogens is 488 g/mol. The highest BCUT2D eigenvalue weighted by molar-refractivity contribution is 5.76. The Kier molecular flexibility index (Phi) is 6.72. The number of aromatic amines is 2. The number of carbonyl (C=O) groups is 1. The number of ether oxygens (including phenoxy) is 1. The van der Waals surface area contributed by atoms with Crippen LogP contribution in [0.2, 0.25) is 0 Å². The zero-order valence-electron chi connectivity index (χ0n) is 23.8. The Morgan fingerprint density at radius 3 is 2.56 bits per heavy atom. The molecule has 1 amide bonds. The van der Waals surface area contributed by atoms with E-state index in [9.17, 15) is 4.79 Å². The topological polar surface area (TPSA) is 113 Å². The predicted molar refractivity (Wildman–Crippen MR) is 153 cm³/mol. The number of hydrogen-bond donors (Lipinski definition) is 3. The molecule has 0 spiro atoms. The van der Waals surface area contributed by atoms with Crippen LogP contribution in [0.3, 0.4) is 0 Å². The van der Waals surface area contributed by atoms with E-state index in [4.69, 9.17) is 20.4 Å². The van der Waals surface area contributed by atoms with E-state index in [1.807, 2.05) is 25.7 Å². The van der Waals surface area contributed by atoms with Crippen molar-refractivity contribution in [3.8, 4) is 0 Å². The number of nitrogens with one attached hydrogen (secondary N) is 2. The van der Waals surface area contributed by atoms with Gasteiger partial charge in [0.15, 0.2) is 0 Å². The third-order valence-electron chi connectivity index (χ3n) is 9.62. The minimum absolute atomic E-state index is 0.0300. The van der Waals surface area contributed by atoms with Gasteiger partial charge in [0.1, 0.15) is 17.2 Å². The maximum absolute atomic E-state index is 12.8. The van der Waals surface area contributed by atoms with Crippen LogP contribution in [-0.4, -0.2) is 49.6 Å². The van der Waals surface area contributed by atoms with Crippen molar-refractivity contribution in [3.63, 3.8) is 0 Å². The molecule has 1 saturated heterocycles. The molecule has 4 fully saturated rings. The van der Waals surface area contributed by atoms with Crippen LogP contribution in [0.15, 0.2) is 24.4 Å². The van der Waals surface area contributed by atoms with Gasteiger partial charge in [-0.1, -0.05) is 6.07 Å². The molecule has 1 aromatic carbocycles. The Morgan fingerprint density at radius 2 is 1.85 bits per heavy atom. The number of fused-ring (bicyclic) bond motifs is 4. The van der Waals surface area contributed by atoms with Gasteiger partial charge in [0.05, 0.1) is 17.1 Å². The molecule has 0 radical (unpaired) electrons. The number of amides is 1. The van der Waals surface area contributed by atoms with Crippen molar-refractivity contribution < 1.29 is 9.53 Å². The summed E-state index contributed by atoms with van der Waals surface area (Å²) in [7, 11) is 0. The lowest BCUT2D eigenvalue weighted by atomic mass is 9.51. The quantitative estimate of drug-likeness (QED) is 0.314. The fraction of sp³-hybridized carbons (Fsp3) is 0.645. The Labute approximate surface area is 231 Å². The molecule has 2 bridgehead atoms. The second-order valence-electron chi connectivity index (χ2n) is 13.2. The van der Waals surface area contributed by atoms with Gasteiger partial charge in [0.2, 0.25) is 0 Å². The van der Waals surface area contributed by atoms with E-state index >= 15 is 0 Å². The summed E-state index contributed by atoms with van der Waals surface area (Å²) >= 11 is 0. The van der Waals surface area contributed by atoms with Gasteiger partial charge >= 0.3 is 6.09 Å². The van der Waals surface area contributed by atoms with E-state index in [1.54, 1.807) is 0 Å². The van der Waals surface area contributed by atoms with Crippen LogP contribution in [-0.2, 0) is 22.0 Å². The van der Waals surface area contributed by atoms with Gasteiger partial charge in [0, 0.05) is 30.3 Å². The van der Waals surface area contributed by atoms with Crippen LogP contribution in [0.5, 0.6) is 0 Å². The lowest BCUT2D eigenvalue weighted by Crippen LogP contribution is -2.46. The number of unbranched alkanes of at least 4 members (excludes halogenated alkanes) is 1. The third kappa shape index (κ3) is 4.96. The van der Waals surface area contributed by atoms with Crippen molar-refractivity contribution in [2.45, 2.75) is 114 Å².